The van der Waals surface area contributed by atoms with Gasteiger partial charge in [0.15, 0.2) is 6.23 Å². The summed E-state index contributed by atoms with van der Waals surface area (Å²) in [5.74, 6) is 0.494. The molecule has 1 fully saturated rings. The molecule has 1 aliphatic carbocycles. The number of hydrogen-bond acceptors (Lipinski definition) is 5. The monoisotopic (exact) mass is 507 g/mol. The number of furan rings is 1. The number of ether oxygens (including phenoxy) is 1. The van der Waals surface area contributed by atoms with Crippen molar-refractivity contribution in [1.82, 2.24) is 4.90 Å². The van der Waals surface area contributed by atoms with Crippen LogP contribution in [-0.4, -0.2) is 40.1 Å². The molecule has 7 heteroatoms. The molecule has 3 aromatic rings. The SMILES string of the molecule is CCCCCCOc1ccccc1C(O)N(C(=O)c1ccc(-c2ccoc2)cc1)C1CCCC1.O=CO. The van der Waals surface area contributed by atoms with E-state index < -0.39 is 6.23 Å². The van der Waals surface area contributed by atoms with E-state index in [1.807, 2.05) is 54.6 Å². The largest absolute Gasteiger partial charge is 0.493 e. The van der Waals surface area contributed by atoms with Crippen molar-refractivity contribution in [2.24, 2.45) is 0 Å². The third-order valence-electron chi connectivity index (χ3n) is 6.66. The Morgan fingerprint density at radius 1 is 1.05 bits per heavy atom. The highest BCUT2D eigenvalue weighted by Gasteiger charge is 2.34. The standard InChI is InChI=1S/C29H35NO4.CH2O2/c1-2-3-4-9-19-34-27-13-8-7-12-26(27)29(32)30(25-10-5-6-11-25)28(31)23-16-14-22(15-17-23)24-18-20-33-21-24;2-1-3/h7-8,12-18,20-21,25,29,32H,2-6,9-11,19H2,1H3;1H,(H,2,3). The highest BCUT2D eigenvalue weighted by Crippen LogP contribution is 2.35. The van der Waals surface area contributed by atoms with Gasteiger partial charge in [-0.05, 0) is 49.1 Å². The number of amides is 1. The number of nitrogens with zero attached hydrogens (tertiary/aromatic N) is 1. The fourth-order valence-corrected chi connectivity index (χ4v) is 4.73. The van der Waals surface area contributed by atoms with Crippen LogP contribution in [-0.2, 0) is 4.79 Å². The minimum absolute atomic E-state index is 0.00802. The number of benzene rings is 2. The maximum atomic E-state index is 13.7. The molecule has 1 amide bonds. The molecule has 0 radical (unpaired) electrons. The lowest BCUT2D eigenvalue weighted by Gasteiger charge is -2.34. The average Bonchev–Trinajstić information content (AvgIpc) is 3.65. The van der Waals surface area contributed by atoms with Crippen LogP contribution < -0.4 is 4.74 Å². The van der Waals surface area contributed by atoms with Crippen LogP contribution >= 0.6 is 0 Å². The summed E-state index contributed by atoms with van der Waals surface area (Å²) in [5.41, 5.74) is 3.17. The second kappa shape index (κ2) is 14.9. The van der Waals surface area contributed by atoms with Crippen LogP contribution in [0.5, 0.6) is 5.75 Å². The molecule has 198 valence electrons. The Morgan fingerprint density at radius 2 is 1.76 bits per heavy atom. The number of aliphatic hydroxyl groups excluding tert-OH is 1. The van der Waals surface area contributed by atoms with Crippen LogP contribution in [0.1, 0.15) is 80.4 Å². The van der Waals surface area contributed by atoms with Gasteiger partial charge in [0, 0.05) is 22.7 Å². The number of unbranched alkanes of at least 4 members (excludes halogenated alkanes) is 3. The normalized spacial score (nSPS) is 13.9. The Hall–Kier alpha value is -3.58. The van der Waals surface area contributed by atoms with E-state index in [0.29, 0.717) is 23.5 Å². The number of para-hydroxylation sites is 1. The lowest BCUT2D eigenvalue weighted by molar-refractivity contribution is -0.122. The summed E-state index contributed by atoms with van der Waals surface area (Å²) >= 11 is 0. The molecule has 1 heterocycles. The highest BCUT2D eigenvalue weighted by molar-refractivity contribution is 5.95. The Bertz CT molecular complexity index is 1070. The quantitative estimate of drug-likeness (QED) is 0.171. The maximum absolute atomic E-state index is 13.7. The van der Waals surface area contributed by atoms with E-state index in [-0.39, 0.29) is 18.4 Å². The maximum Gasteiger partial charge on any atom is 0.290 e. The predicted molar refractivity (Wildman–Crippen MR) is 142 cm³/mol. The van der Waals surface area contributed by atoms with E-state index in [9.17, 15) is 9.90 Å². The molecule has 2 aromatic carbocycles. The number of hydrogen-bond donors (Lipinski definition) is 2. The number of aliphatic hydroxyl groups is 1. The first-order valence-electron chi connectivity index (χ1n) is 13.0. The van der Waals surface area contributed by atoms with Crippen molar-refractivity contribution in [3.05, 3.63) is 78.3 Å². The molecule has 0 aliphatic heterocycles. The van der Waals surface area contributed by atoms with Crippen molar-refractivity contribution in [2.75, 3.05) is 6.61 Å². The van der Waals surface area contributed by atoms with Crippen LogP contribution in [0, 0.1) is 0 Å². The summed E-state index contributed by atoms with van der Waals surface area (Å²) in [6.45, 7) is 2.54. The smallest absolute Gasteiger partial charge is 0.290 e. The number of rotatable bonds is 11. The molecule has 4 rings (SSSR count). The molecule has 1 saturated carbocycles. The Morgan fingerprint density at radius 3 is 2.41 bits per heavy atom. The zero-order chi connectivity index (χ0) is 26.5. The predicted octanol–water partition coefficient (Wildman–Crippen LogP) is 6.68. The zero-order valence-electron chi connectivity index (χ0n) is 21.4. The van der Waals surface area contributed by atoms with Gasteiger partial charge in [-0.25, -0.2) is 0 Å². The van der Waals surface area contributed by atoms with Crippen LogP contribution in [0.3, 0.4) is 0 Å². The molecule has 7 nitrogen and oxygen atoms in total. The fraction of sp³-hybridized carbons (Fsp3) is 0.400. The minimum Gasteiger partial charge on any atom is -0.493 e. The van der Waals surface area contributed by atoms with E-state index in [1.165, 1.54) is 12.8 Å². The van der Waals surface area contributed by atoms with Gasteiger partial charge in [0.1, 0.15) is 5.75 Å². The first kappa shape index (κ1) is 28.0. The topological polar surface area (TPSA) is 100 Å². The van der Waals surface area contributed by atoms with E-state index in [1.54, 1.807) is 17.4 Å². The molecular weight excluding hydrogens is 470 g/mol. The van der Waals surface area contributed by atoms with E-state index in [0.717, 1.165) is 49.7 Å². The van der Waals surface area contributed by atoms with Gasteiger partial charge in [0.05, 0.1) is 19.1 Å². The van der Waals surface area contributed by atoms with Gasteiger partial charge in [0.2, 0.25) is 0 Å². The van der Waals surface area contributed by atoms with Crippen molar-refractivity contribution in [1.29, 1.82) is 0 Å². The first-order chi connectivity index (χ1) is 18.1. The van der Waals surface area contributed by atoms with Crippen molar-refractivity contribution in [2.45, 2.75) is 70.6 Å². The van der Waals surface area contributed by atoms with Crippen LogP contribution in [0.15, 0.2) is 71.5 Å². The second-order valence-corrected chi connectivity index (χ2v) is 9.17. The van der Waals surface area contributed by atoms with Gasteiger partial charge < -0.3 is 24.3 Å². The molecule has 1 unspecified atom stereocenters. The third-order valence-corrected chi connectivity index (χ3v) is 6.66. The zero-order valence-corrected chi connectivity index (χ0v) is 21.4. The molecule has 1 aromatic heterocycles. The minimum atomic E-state index is -1.06. The highest BCUT2D eigenvalue weighted by atomic mass is 16.5. The molecule has 37 heavy (non-hydrogen) atoms. The molecule has 0 spiro atoms. The van der Waals surface area contributed by atoms with Crippen molar-refractivity contribution in [3.63, 3.8) is 0 Å². The Balaban J connectivity index is 0.00000121. The molecule has 1 aliphatic rings. The van der Waals surface area contributed by atoms with Crippen LogP contribution in [0.4, 0.5) is 0 Å². The summed E-state index contributed by atoms with van der Waals surface area (Å²) in [6, 6.07) is 16.9. The van der Waals surface area contributed by atoms with Crippen molar-refractivity contribution in [3.8, 4) is 16.9 Å². The summed E-state index contributed by atoms with van der Waals surface area (Å²) in [5, 5.41) is 18.4. The molecular formula is C30H37NO6. The second-order valence-electron chi connectivity index (χ2n) is 9.17. The lowest BCUT2D eigenvalue weighted by Crippen LogP contribution is -2.42. The van der Waals surface area contributed by atoms with Gasteiger partial charge in [-0.2, -0.15) is 0 Å². The summed E-state index contributed by atoms with van der Waals surface area (Å²) in [6.07, 6.45) is 10.7. The van der Waals surface area contributed by atoms with Crippen molar-refractivity contribution < 1.29 is 29.0 Å². The van der Waals surface area contributed by atoms with Gasteiger partial charge in [-0.15, -0.1) is 0 Å². The van der Waals surface area contributed by atoms with Crippen molar-refractivity contribution >= 4 is 12.4 Å². The van der Waals surface area contributed by atoms with Gasteiger partial charge in [-0.3, -0.25) is 9.59 Å². The van der Waals surface area contributed by atoms with Gasteiger partial charge in [-0.1, -0.05) is 69.4 Å². The van der Waals surface area contributed by atoms with E-state index >= 15 is 0 Å². The van der Waals surface area contributed by atoms with Gasteiger partial charge >= 0.3 is 0 Å². The molecule has 2 N–H and O–H groups in total. The van der Waals surface area contributed by atoms with Gasteiger partial charge in [0.25, 0.3) is 12.4 Å². The average molecular weight is 508 g/mol. The lowest BCUT2D eigenvalue weighted by atomic mass is 10.0. The Kier molecular flexibility index (Phi) is 11.2. The number of carbonyl (C=O) groups excluding carboxylic acids is 1. The number of carbonyl (C=O) groups is 2. The summed E-state index contributed by atoms with van der Waals surface area (Å²) < 4.78 is 11.2. The molecule has 1 atom stereocenters. The molecule has 0 saturated heterocycles. The molecule has 0 bridgehead atoms. The summed E-state index contributed by atoms with van der Waals surface area (Å²) in [7, 11) is 0. The van der Waals surface area contributed by atoms with E-state index in [4.69, 9.17) is 19.1 Å². The van der Waals surface area contributed by atoms with Crippen LogP contribution in [0.2, 0.25) is 0 Å². The fourth-order valence-electron chi connectivity index (χ4n) is 4.73. The Labute approximate surface area is 218 Å². The van der Waals surface area contributed by atoms with Crippen LogP contribution in [0.25, 0.3) is 11.1 Å². The number of carboxylic acid groups (broad SMARTS) is 1. The van der Waals surface area contributed by atoms with E-state index in [2.05, 4.69) is 6.92 Å². The third kappa shape index (κ3) is 7.70. The first-order valence-corrected chi connectivity index (χ1v) is 13.0. The summed E-state index contributed by atoms with van der Waals surface area (Å²) in [4.78, 5) is 23.7.